The third-order valence-electron chi connectivity index (χ3n) is 4.46. The van der Waals surface area contributed by atoms with E-state index >= 15 is 0 Å². The topological polar surface area (TPSA) is 29.5 Å². The van der Waals surface area contributed by atoms with Crippen molar-refractivity contribution in [1.29, 1.82) is 0 Å². The summed E-state index contributed by atoms with van der Waals surface area (Å²) in [5, 5.41) is 10.9. The molecule has 0 bridgehead atoms. The van der Waals surface area contributed by atoms with Gasteiger partial charge in [0.15, 0.2) is 0 Å². The third-order valence-corrected chi connectivity index (χ3v) is 4.46. The predicted molar refractivity (Wildman–Crippen MR) is 71.6 cm³/mol. The summed E-state index contributed by atoms with van der Waals surface area (Å²) >= 11 is 0. The smallest absolute Gasteiger partial charge is 0.119 e. The monoisotopic (exact) mass is 246 g/mol. The molecule has 2 unspecified atom stereocenters. The van der Waals surface area contributed by atoms with Gasteiger partial charge in [-0.3, -0.25) is 0 Å². The van der Waals surface area contributed by atoms with E-state index in [1.54, 1.807) is 0 Å². The van der Waals surface area contributed by atoms with Crippen LogP contribution in [-0.4, -0.2) is 11.2 Å². The van der Waals surface area contributed by atoms with Crippen LogP contribution in [0.15, 0.2) is 24.3 Å². The number of ether oxygens (including phenoxy) is 1. The van der Waals surface area contributed by atoms with Gasteiger partial charge < -0.3 is 9.84 Å². The number of benzene rings is 1. The highest BCUT2D eigenvalue weighted by atomic mass is 16.5. The van der Waals surface area contributed by atoms with E-state index in [0.717, 1.165) is 37.0 Å². The second kappa shape index (κ2) is 4.58. The Morgan fingerprint density at radius 1 is 1.22 bits per heavy atom. The van der Waals surface area contributed by atoms with Gasteiger partial charge in [0.2, 0.25) is 0 Å². The van der Waals surface area contributed by atoms with E-state index in [0.29, 0.717) is 12.0 Å². The van der Waals surface area contributed by atoms with Crippen molar-refractivity contribution in [2.45, 2.75) is 57.2 Å². The first-order chi connectivity index (χ1) is 8.72. The normalized spacial score (nSPS) is 31.6. The molecule has 18 heavy (non-hydrogen) atoms. The Hall–Kier alpha value is -1.02. The summed E-state index contributed by atoms with van der Waals surface area (Å²) in [4.78, 5) is 0. The predicted octanol–water partition coefficient (Wildman–Crippen LogP) is 3.63. The molecule has 2 heteroatoms. The highest BCUT2D eigenvalue weighted by molar-refractivity contribution is 5.32. The maximum atomic E-state index is 10.9. The molecule has 98 valence electrons. The van der Waals surface area contributed by atoms with Crippen LogP contribution in [-0.2, 0) is 5.60 Å². The first-order valence-electron chi connectivity index (χ1n) is 7.22. The zero-order valence-corrected chi connectivity index (χ0v) is 11.1. The van der Waals surface area contributed by atoms with Crippen molar-refractivity contribution in [3.05, 3.63) is 29.8 Å². The van der Waals surface area contributed by atoms with Crippen molar-refractivity contribution in [1.82, 2.24) is 0 Å². The second-order valence-electron chi connectivity index (χ2n) is 5.76. The van der Waals surface area contributed by atoms with Gasteiger partial charge in [-0.2, -0.15) is 0 Å². The van der Waals surface area contributed by atoms with Crippen molar-refractivity contribution in [3.63, 3.8) is 0 Å². The van der Waals surface area contributed by atoms with Crippen molar-refractivity contribution in [2.24, 2.45) is 5.92 Å². The molecule has 2 aliphatic rings. The van der Waals surface area contributed by atoms with Crippen molar-refractivity contribution >= 4 is 0 Å². The maximum Gasteiger partial charge on any atom is 0.119 e. The molecule has 0 radical (unpaired) electrons. The molecule has 2 fully saturated rings. The van der Waals surface area contributed by atoms with Crippen LogP contribution in [0.3, 0.4) is 0 Å². The van der Waals surface area contributed by atoms with Crippen molar-refractivity contribution in [3.8, 4) is 5.75 Å². The third kappa shape index (κ3) is 2.14. The molecule has 2 nitrogen and oxygen atoms in total. The fourth-order valence-electron chi connectivity index (χ4n) is 3.18. The fraction of sp³-hybridized carbons (Fsp3) is 0.625. The van der Waals surface area contributed by atoms with Gasteiger partial charge in [-0.25, -0.2) is 0 Å². The van der Waals surface area contributed by atoms with Crippen molar-refractivity contribution < 1.29 is 9.84 Å². The summed E-state index contributed by atoms with van der Waals surface area (Å²) in [6, 6.07) is 8.12. The highest BCUT2D eigenvalue weighted by Gasteiger charge is 2.41. The summed E-state index contributed by atoms with van der Waals surface area (Å²) in [5.41, 5.74) is 0.461. The molecule has 0 aliphatic heterocycles. The molecule has 1 aromatic rings. The summed E-state index contributed by atoms with van der Waals surface area (Å²) in [6.07, 6.45) is 7.04. The average molecular weight is 246 g/mol. The van der Waals surface area contributed by atoms with E-state index in [4.69, 9.17) is 4.74 Å². The first-order valence-corrected chi connectivity index (χ1v) is 7.22. The van der Waals surface area contributed by atoms with Crippen LogP contribution in [0.25, 0.3) is 0 Å². The molecule has 1 aromatic carbocycles. The van der Waals surface area contributed by atoms with Gasteiger partial charge in [0, 0.05) is 0 Å². The Morgan fingerprint density at radius 3 is 2.56 bits per heavy atom. The number of hydrogen-bond donors (Lipinski definition) is 1. The lowest BCUT2D eigenvalue weighted by Gasteiger charge is -2.30. The quantitative estimate of drug-likeness (QED) is 0.879. The molecule has 2 atom stereocenters. The Bertz CT molecular complexity index is 408. The van der Waals surface area contributed by atoms with Crippen LogP contribution in [0, 0.1) is 5.92 Å². The molecule has 2 saturated carbocycles. The van der Waals surface area contributed by atoms with Gasteiger partial charge in [-0.15, -0.1) is 0 Å². The highest BCUT2D eigenvalue weighted by Crippen LogP contribution is 2.45. The Labute approximate surface area is 109 Å². The molecule has 0 aromatic heterocycles. The van der Waals surface area contributed by atoms with Gasteiger partial charge in [0.05, 0.1) is 11.7 Å². The SMILES string of the molecule is CCC1CCCC1(O)c1ccc(OC2CC2)cc1. The van der Waals surface area contributed by atoms with E-state index in [9.17, 15) is 5.11 Å². The Balaban J connectivity index is 1.78. The van der Waals surface area contributed by atoms with Gasteiger partial charge in [-0.1, -0.05) is 25.5 Å². The fourth-order valence-corrected chi connectivity index (χ4v) is 3.18. The minimum absolute atomic E-state index is 0.410. The minimum atomic E-state index is -0.604. The second-order valence-corrected chi connectivity index (χ2v) is 5.76. The van der Waals surface area contributed by atoms with E-state index in [-0.39, 0.29) is 0 Å². The molecule has 2 aliphatic carbocycles. The summed E-state index contributed by atoms with van der Waals surface area (Å²) < 4.78 is 5.75. The average Bonchev–Trinajstić information content (AvgIpc) is 3.11. The zero-order chi connectivity index (χ0) is 12.6. The van der Waals surface area contributed by atoms with E-state index in [2.05, 4.69) is 6.92 Å². The standard InChI is InChI=1S/C16H22O2/c1-2-12-4-3-11-16(12,17)13-5-7-14(8-6-13)18-15-9-10-15/h5-8,12,15,17H,2-4,9-11H2,1H3. The largest absolute Gasteiger partial charge is 0.490 e. The van der Waals surface area contributed by atoms with E-state index in [1.165, 1.54) is 12.8 Å². The molecular formula is C16H22O2. The molecule has 3 rings (SSSR count). The van der Waals surface area contributed by atoms with Crippen molar-refractivity contribution in [2.75, 3.05) is 0 Å². The van der Waals surface area contributed by atoms with Crippen LogP contribution in [0.5, 0.6) is 5.75 Å². The Morgan fingerprint density at radius 2 is 1.94 bits per heavy atom. The lowest BCUT2D eigenvalue weighted by atomic mass is 9.82. The van der Waals surface area contributed by atoms with Crippen LogP contribution in [0.1, 0.15) is 51.0 Å². The number of rotatable bonds is 4. The van der Waals surface area contributed by atoms with Crippen LogP contribution < -0.4 is 4.74 Å². The maximum absolute atomic E-state index is 10.9. The van der Waals surface area contributed by atoms with Crippen LogP contribution in [0.4, 0.5) is 0 Å². The molecular weight excluding hydrogens is 224 g/mol. The van der Waals surface area contributed by atoms with Gasteiger partial charge in [0.25, 0.3) is 0 Å². The molecule has 0 saturated heterocycles. The lowest BCUT2D eigenvalue weighted by molar-refractivity contribution is -0.00391. The summed E-state index contributed by atoms with van der Waals surface area (Å²) in [5.74, 6) is 1.35. The lowest BCUT2D eigenvalue weighted by Crippen LogP contribution is -2.29. The van der Waals surface area contributed by atoms with Gasteiger partial charge >= 0.3 is 0 Å². The Kier molecular flexibility index (Phi) is 3.06. The van der Waals surface area contributed by atoms with E-state index < -0.39 is 5.60 Å². The molecule has 1 N–H and O–H groups in total. The van der Waals surface area contributed by atoms with Gasteiger partial charge in [0.1, 0.15) is 5.75 Å². The first kappa shape index (κ1) is 12.0. The zero-order valence-electron chi connectivity index (χ0n) is 11.1. The summed E-state index contributed by atoms with van der Waals surface area (Å²) in [7, 11) is 0. The summed E-state index contributed by atoms with van der Waals surface area (Å²) in [6.45, 7) is 2.17. The molecule has 0 heterocycles. The van der Waals surface area contributed by atoms with Crippen LogP contribution >= 0.6 is 0 Å². The number of hydrogen-bond acceptors (Lipinski definition) is 2. The van der Waals surface area contributed by atoms with Gasteiger partial charge in [-0.05, 0) is 55.7 Å². The minimum Gasteiger partial charge on any atom is -0.490 e. The van der Waals surface area contributed by atoms with E-state index in [1.807, 2.05) is 24.3 Å². The molecule has 0 spiro atoms. The number of aliphatic hydroxyl groups is 1. The van der Waals surface area contributed by atoms with Crippen LogP contribution in [0.2, 0.25) is 0 Å². The molecule has 0 amide bonds.